The molecule has 0 aromatic heterocycles. The average Bonchev–Trinajstić information content (AvgIpc) is 3.49. The van der Waals surface area contributed by atoms with Gasteiger partial charge < -0.3 is 43.4 Å². The van der Waals surface area contributed by atoms with Gasteiger partial charge in [-0.05, 0) is 29.8 Å². The van der Waals surface area contributed by atoms with Crippen LogP contribution in [-0.4, -0.2) is 55.3 Å². The molecule has 2 aromatic carbocycles. The number of methoxy groups -OCH3 is 1. The largest absolute Gasteiger partial charge is 0.492 e. The van der Waals surface area contributed by atoms with E-state index < -0.39 is 23.4 Å². The molecule has 0 aliphatic carbocycles. The summed E-state index contributed by atoms with van der Waals surface area (Å²) in [6.45, 7) is -0.00642. The maximum absolute atomic E-state index is 11.6. The summed E-state index contributed by atoms with van der Waals surface area (Å²) in [6.07, 6.45) is -1.69. The molecular formula is C21H20O9. The lowest BCUT2D eigenvalue weighted by atomic mass is 9.77. The van der Waals surface area contributed by atoms with Crippen LogP contribution in [0.15, 0.2) is 30.3 Å². The van der Waals surface area contributed by atoms with Crippen molar-refractivity contribution in [1.29, 1.82) is 0 Å². The average molecular weight is 416 g/mol. The Morgan fingerprint density at radius 1 is 0.833 bits per heavy atom. The minimum atomic E-state index is -1.70. The first-order chi connectivity index (χ1) is 14.5. The van der Waals surface area contributed by atoms with Gasteiger partial charge in [-0.3, -0.25) is 0 Å². The third kappa shape index (κ3) is 2.20. The smallest absolute Gasteiger partial charge is 0.231 e. The summed E-state index contributed by atoms with van der Waals surface area (Å²) in [6, 6.07) is 8.78. The Labute approximate surface area is 171 Å². The Bertz CT molecular complexity index is 1020. The third-order valence-electron chi connectivity index (χ3n) is 6.27. The zero-order chi connectivity index (χ0) is 20.5. The number of ether oxygens (including phenoxy) is 7. The molecular weight excluding hydrogens is 396 g/mol. The SMILES string of the molecule is COc1c([C@H]2OC[C@]3(O)[C@@H](c4ccc5c(c4)OCO5)OC[C@]23O)ccc2c1OCO2. The monoisotopic (exact) mass is 416 g/mol. The molecule has 4 atom stereocenters. The van der Waals surface area contributed by atoms with E-state index in [4.69, 9.17) is 33.2 Å². The van der Waals surface area contributed by atoms with Gasteiger partial charge in [0.2, 0.25) is 19.3 Å². The van der Waals surface area contributed by atoms with Gasteiger partial charge in [0, 0.05) is 5.56 Å². The number of rotatable bonds is 3. The summed E-state index contributed by atoms with van der Waals surface area (Å²) >= 11 is 0. The summed E-state index contributed by atoms with van der Waals surface area (Å²) in [4.78, 5) is 0. The fourth-order valence-corrected chi connectivity index (χ4v) is 4.73. The zero-order valence-electron chi connectivity index (χ0n) is 16.1. The molecule has 2 N–H and O–H groups in total. The minimum absolute atomic E-state index is 0.0875. The third-order valence-corrected chi connectivity index (χ3v) is 6.27. The van der Waals surface area contributed by atoms with E-state index in [-0.39, 0.29) is 26.8 Å². The molecule has 4 aliphatic heterocycles. The summed E-state index contributed by atoms with van der Waals surface area (Å²) < 4.78 is 39.1. The van der Waals surface area contributed by atoms with Crippen LogP contribution in [-0.2, 0) is 9.47 Å². The summed E-state index contributed by atoms with van der Waals surface area (Å²) in [5.74, 6) is 2.60. The lowest BCUT2D eigenvalue weighted by Gasteiger charge is -2.34. The molecule has 0 amide bonds. The van der Waals surface area contributed by atoms with E-state index in [2.05, 4.69) is 0 Å². The van der Waals surface area contributed by atoms with Gasteiger partial charge in [0.15, 0.2) is 34.2 Å². The van der Waals surface area contributed by atoms with Crippen LogP contribution in [0.2, 0.25) is 0 Å². The van der Waals surface area contributed by atoms with Crippen molar-refractivity contribution in [3.05, 3.63) is 41.5 Å². The van der Waals surface area contributed by atoms with Crippen LogP contribution >= 0.6 is 0 Å². The first-order valence-electron chi connectivity index (χ1n) is 9.59. The van der Waals surface area contributed by atoms with E-state index in [0.717, 1.165) is 0 Å². The lowest BCUT2D eigenvalue weighted by molar-refractivity contribution is -0.114. The second-order valence-corrected chi connectivity index (χ2v) is 7.77. The fourth-order valence-electron chi connectivity index (χ4n) is 4.73. The summed E-state index contributed by atoms with van der Waals surface area (Å²) in [5.41, 5.74) is -2.16. The first kappa shape index (κ1) is 18.1. The number of hydrogen-bond acceptors (Lipinski definition) is 9. The Morgan fingerprint density at radius 3 is 2.33 bits per heavy atom. The maximum Gasteiger partial charge on any atom is 0.231 e. The predicted octanol–water partition coefficient (Wildman–Crippen LogP) is 1.46. The van der Waals surface area contributed by atoms with Crippen molar-refractivity contribution in [1.82, 2.24) is 0 Å². The molecule has 2 fully saturated rings. The molecule has 0 spiro atoms. The van der Waals surface area contributed by atoms with Crippen LogP contribution in [0, 0.1) is 0 Å². The molecule has 4 heterocycles. The Morgan fingerprint density at radius 2 is 1.50 bits per heavy atom. The fraction of sp³-hybridized carbons (Fsp3) is 0.429. The Hall–Kier alpha value is -2.72. The van der Waals surface area contributed by atoms with Gasteiger partial charge in [-0.15, -0.1) is 0 Å². The maximum atomic E-state index is 11.6. The minimum Gasteiger partial charge on any atom is -0.492 e. The van der Waals surface area contributed by atoms with E-state index >= 15 is 0 Å². The van der Waals surface area contributed by atoms with Crippen molar-refractivity contribution in [2.45, 2.75) is 23.4 Å². The van der Waals surface area contributed by atoms with E-state index in [1.165, 1.54) is 7.11 Å². The Balaban J connectivity index is 1.39. The molecule has 0 radical (unpaired) electrons. The molecule has 0 bridgehead atoms. The van der Waals surface area contributed by atoms with Crippen molar-refractivity contribution in [2.75, 3.05) is 33.9 Å². The summed E-state index contributed by atoms with van der Waals surface area (Å²) in [7, 11) is 1.51. The second kappa shape index (κ2) is 6.14. The van der Waals surface area contributed by atoms with E-state index in [1.54, 1.807) is 30.3 Å². The highest BCUT2D eigenvalue weighted by Gasteiger charge is 2.70. The highest BCUT2D eigenvalue weighted by molar-refractivity contribution is 5.58. The highest BCUT2D eigenvalue weighted by atomic mass is 16.7. The standard InChI is InChI=1S/C21H20O9/c1-24-16-12(3-5-14-17(16)30-10-28-14)19-21(23)8-25-18(20(21,22)7-26-19)11-2-4-13-15(6-11)29-9-27-13/h2-6,18-19,22-23H,7-10H2,1H3/t18-,19-,20+,21+/m1/s1. The van der Waals surface area contributed by atoms with Crippen molar-refractivity contribution in [3.63, 3.8) is 0 Å². The molecule has 4 aliphatic rings. The van der Waals surface area contributed by atoms with E-state index in [1.807, 2.05) is 0 Å². The van der Waals surface area contributed by atoms with Crippen LogP contribution in [0.5, 0.6) is 28.7 Å². The van der Waals surface area contributed by atoms with Crippen molar-refractivity contribution in [2.24, 2.45) is 0 Å². The van der Waals surface area contributed by atoms with Gasteiger partial charge in [-0.1, -0.05) is 6.07 Å². The van der Waals surface area contributed by atoms with Crippen molar-refractivity contribution in [3.8, 4) is 28.7 Å². The number of fused-ring (bicyclic) bond motifs is 3. The molecule has 0 saturated carbocycles. The molecule has 0 unspecified atom stereocenters. The van der Waals surface area contributed by atoms with Gasteiger partial charge in [0.05, 0.1) is 20.3 Å². The van der Waals surface area contributed by atoms with Gasteiger partial charge in [-0.25, -0.2) is 0 Å². The molecule has 6 rings (SSSR count). The molecule has 2 aromatic rings. The normalized spacial score (nSPS) is 33.0. The molecule has 30 heavy (non-hydrogen) atoms. The number of benzene rings is 2. The Kier molecular flexibility index (Phi) is 3.70. The van der Waals surface area contributed by atoms with Crippen LogP contribution in [0.25, 0.3) is 0 Å². The summed E-state index contributed by atoms with van der Waals surface area (Å²) in [5, 5.41) is 23.2. The van der Waals surface area contributed by atoms with Crippen molar-refractivity contribution < 1.29 is 43.4 Å². The molecule has 158 valence electrons. The van der Waals surface area contributed by atoms with Crippen molar-refractivity contribution >= 4 is 0 Å². The molecule has 2 saturated heterocycles. The highest BCUT2D eigenvalue weighted by Crippen LogP contribution is 2.58. The van der Waals surface area contributed by atoms with Gasteiger partial charge in [0.1, 0.15) is 12.2 Å². The predicted molar refractivity (Wildman–Crippen MR) is 99.0 cm³/mol. The molecule has 9 nitrogen and oxygen atoms in total. The van der Waals surface area contributed by atoms with Gasteiger partial charge in [-0.2, -0.15) is 0 Å². The van der Waals surface area contributed by atoms with Crippen LogP contribution in [0.1, 0.15) is 23.3 Å². The van der Waals surface area contributed by atoms with Gasteiger partial charge in [0.25, 0.3) is 0 Å². The molecule has 9 heteroatoms. The second-order valence-electron chi connectivity index (χ2n) is 7.77. The van der Waals surface area contributed by atoms with Gasteiger partial charge >= 0.3 is 0 Å². The zero-order valence-corrected chi connectivity index (χ0v) is 16.1. The van der Waals surface area contributed by atoms with E-state index in [9.17, 15) is 10.2 Å². The van der Waals surface area contributed by atoms with Crippen LogP contribution in [0.3, 0.4) is 0 Å². The van der Waals surface area contributed by atoms with Crippen LogP contribution < -0.4 is 23.7 Å². The lowest BCUT2D eigenvalue weighted by Crippen LogP contribution is -2.54. The topological polar surface area (TPSA) is 105 Å². The first-order valence-corrected chi connectivity index (χ1v) is 9.59. The van der Waals surface area contributed by atoms with Crippen LogP contribution in [0.4, 0.5) is 0 Å². The van der Waals surface area contributed by atoms with E-state index in [0.29, 0.717) is 39.9 Å². The number of aliphatic hydroxyl groups is 2. The quantitative estimate of drug-likeness (QED) is 0.769. The number of hydrogen-bond donors (Lipinski definition) is 2.